The van der Waals surface area contributed by atoms with E-state index >= 15 is 0 Å². The summed E-state index contributed by atoms with van der Waals surface area (Å²) in [5.74, 6) is 1.53. The number of likely N-dealkylation sites (tertiary alicyclic amines) is 1. The SMILES string of the molecule is Cc1ccccc1C(=O)NC(c1ccccn1)C1CCN(Cc2cnc(C(C)C)nc2)CC1. The van der Waals surface area contributed by atoms with E-state index in [4.69, 9.17) is 0 Å². The summed E-state index contributed by atoms with van der Waals surface area (Å²) in [7, 11) is 0. The molecule has 0 saturated carbocycles. The predicted molar refractivity (Wildman–Crippen MR) is 130 cm³/mol. The highest BCUT2D eigenvalue weighted by molar-refractivity contribution is 5.95. The third kappa shape index (κ3) is 5.82. The number of aromatic nitrogens is 3. The highest BCUT2D eigenvalue weighted by Crippen LogP contribution is 2.31. The van der Waals surface area contributed by atoms with E-state index in [1.54, 1.807) is 6.20 Å². The van der Waals surface area contributed by atoms with Gasteiger partial charge in [-0.1, -0.05) is 38.1 Å². The molecule has 3 heterocycles. The Balaban J connectivity index is 1.42. The van der Waals surface area contributed by atoms with Gasteiger partial charge in [-0.25, -0.2) is 9.97 Å². The van der Waals surface area contributed by atoms with E-state index in [1.165, 1.54) is 0 Å². The first-order valence-corrected chi connectivity index (χ1v) is 11.8. The van der Waals surface area contributed by atoms with Gasteiger partial charge in [0, 0.05) is 42.2 Å². The number of pyridine rings is 1. The van der Waals surface area contributed by atoms with Crippen LogP contribution in [0.5, 0.6) is 0 Å². The second kappa shape index (κ2) is 10.7. The fourth-order valence-electron chi connectivity index (χ4n) is 4.49. The zero-order valence-corrected chi connectivity index (χ0v) is 19.7. The third-order valence-electron chi connectivity index (χ3n) is 6.43. The Morgan fingerprint density at radius 3 is 2.36 bits per heavy atom. The number of aryl methyl sites for hydroxylation is 1. The van der Waals surface area contributed by atoms with E-state index < -0.39 is 0 Å². The standard InChI is InChI=1S/C27H33N5O/c1-19(2)26-29-16-21(17-30-26)18-32-14-11-22(12-15-32)25(24-10-6-7-13-28-24)31-27(33)23-9-5-4-8-20(23)3/h4-10,13,16-17,19,22,25H,11-12,14-15,18H2,1-3H3,(H,31,33). The molecule has 2 aromatic heterocycles. The van der Waals surface area contributed by atoms with Crippen LogP contribution in [-0.4, -0.2) is 38.8 Å². The quantitative estimate of drug-likeness (QED) is 0.574. The van der Waals surface area contributed by atoms with Crippen molar-refractivity contribution in [3.05, 3.63) is 89.3 Å². The van der Waals surface area contributed by atoms with E-state index in [0.29, 0.717) is 11.8 Å². The lowest BCUT2D eigenvalue weighted by Gasteiger charge is -2.36. The molecule has 1 aliphatic heterocycles. The van der Waals surface area contributed by atoms with Crippen LogP contribution in [0.3, 0.4) is 0 Å². The van der Waals surface area contributed by atoms with Gasteiger partial charge in [0.25, 0.3) is 5.91 Å². The molecule has 0 spiro atoms. The second-order valence-corrected chi connectivity index (χ2v) is 9.24. The summed E-state index contributed by atoms with van der Waals surface area (Å²) in [5, 5.41) is 3.30. The van der Waals surface area contributed by atoms with Crippen molar-refractivity contribution in [2.75, 3.05) is 13.1 Å². The molecule has 4 rings (SSSR count). The molecule has 1 unspecified atom stereocenters. The minimum Gasteiger partial charge on any atom is -0.343 e. The number of carbonyl (C=O) groups excluding carboxylic acids is 1. The molecule has 0 aliphatic carbocycles. The molecule has 6 heteroatoms. The van der Waals surface area contributed by atoms with E-state index in [9.17, 15) is 4.79 Å². The number of nitrogens with one attached hydrogen (secondary N) is 1. The Kier molecular flexibility index (Phi) is 7.45. The zero-order chi connectivity index (χ0) is 23.2. The zero-order valence-electron chi connectivity index (χ0n) is 19.7. The first-order valence-electron chi connectivity index (χ1n) is 11.8. The van der Waals surface area contributed by atoms with Crippen LogP contribution >= 0.6 is 0 Å². The Labute approximate surface area is 196 Å². The van der Waals surface area contributed by atoms with Crippen LogP contribution in [-0.2, 0) is 6.54 Å². The molecule has 1 atom stereocenters. The van der Waals surface area contributed by atoms with Crippen LogP contribution in [0.1, 0.15) is 71.7 Å². The summed E-state index contributed by atoms with van der Waals surface area (Å²) in [5.41, 5.74) is 3.78. The van der Waals surface area contributed by atoms with Crippen LogP contribution in [0, 0.1) is 12.8 Å². The molecular weight excluding hydrogens is 410 g/mol. The lowest BCUT2D eigenvalue weighted by molar-refractivity contribution is 0.0887. The lowest BCUT2D eigenvalue weighted by atomic mass is 9.87. The fourth-order valence-corrected chi connectivity index (χ4v) is 4.49. The smallest absolute Gasteiger partial charge is 0.252 e. The van der Waals surface area contributed by atoms with Crippen molar-refractivity contribution in [1.82, 2.24) is 25.2 Å². The van der Waals surface area contributed by atoms with Crippen LogP contribution in [0.4, 0.5) is 0 Å². The van der Waals surface area contributed by atoms with Gasteiger partial charge < -0.3 is 5.32 Å². The normalized spacial score (nSPS) is 16.0. The minimum absolute atomic E-state index is 0.0337. The summed E-state index contributed by atoms with van der Waals surface area (Å²) in [6.45, 7) is 8.99. The highest BCUT2D eigenvalue weighted by Gasteiger charge is 2.30. The van der Waals surface area contributed by atoms with Crippen LogP contribution in [0.25, 0.3) is 0 Å². The fraction of sp³-hybridized carbons (Fsp3) is 0.407. The highest BCUT2D eigenvalue weighted by atomic mass is 16.1. The van der Waals surface area contributed by atoms with Gasteiger partial charge in [0.05, 0.1) is 11.7 Å². The predicted octanol–water partition coefficient (Wildman–Crippen LogP) is 4.69. The molecule has 6 nitrogen and oxygen atoms in total. The van der Waals surface area contributed by atoms with Crippen molar-refractivity contribution in [1.29, 1.82) is 0 Å². The van der Waals surface area contributed by atoms with Crippen molar-refractivity contribution in [3.8, 4) is 0 Å². The summed E-state index contributed by atoms with van der Waals surface area (Å²) in [4.78, 5) is 29.1. The Morgan fingerprint density at radius 2 is 1.73 bits per heavy atom. The van der Waals surface area contributed by atoms with Crippen molar-refractivity contribution in [2.24, 2.45) is 5.92 Å². The molecule has 172 valence electrons. The maximum Gasteiger partial charge on any atom is 0.252 e. The summed E-state index contributed by atoms with van der Waals surface area (Å²) in [6.07, 6.45) is 7.71. The van der Waals surface area contributed by atoms with Gasteiger partial charge in [0.1, 0.15) is 5.82 Å². The van der Waals surface area contributed by atoms with Crippen LogP contribution in [0.2, 0.25) is 0 Å². The second-order valence-electron chi connectivity index (χ2n) is 9.24. The number of nitrogens with zero attached hydrogens (tertiary/aromatic N) is 4. The molecule has 1 amide bonds. The number of benzene rings is 1. The van der Waals surface area contributed by atoms with Gasteiger partial charge in [-0.3, -0.25) is 14.7 Å². The van der Waals surface area contributed by atoms with Crippen molar-refractivity contribution >= 4 is 5.91 Å². The monoisotopic (exact) mass is 443 g/mol. The maximum atomic E-state index is 13.1. The summed E-state index contributed by atoms with van der Waals surface area (Å²) < 4.78 is 0. The maximum absolute atomic E-state index is 13.1. The average molecular weight is 444 g/mol. The Hall–Kier alpha value is -3.12. The first-order chi connectivity index (χ1) is 16.0. The van der Waals surface area contributed by atoms with Crippen LogP contribution in [0.15, 0.2) is 61.1 Å². The van der Waals surface area contributed by atoms with Gasteiger partial charge in [0.2, 0.25) is 0 Å². The molecule has 3 aromatic rings. The molecule has 1 aliphatic rings. The molecular formula is C27H33N5O. The number of rotatable bonds is 7. The Morgan fingerprint density at radius 1 is 1.03 bits per heavy atom. The third-order valence-corrected chi connectivity index (χ3v) is 6.43. The number of hydrogen-bond donors (Lipinski definition) is 1. The van der Waals surface area contributed by atoms with E-state index in [1.807, 2.05) is 61.8 Å². The number of piperidine rings is 1. The molecule has 1 fully saturated rings. The van der Waals surface area contributed by atoms with Crippen molar-refractivity contribution in [3.63, 3.8) is 0 Å². The van der Waals surface area contributed by atoms with Gasteiger partial charge in [-0.2, -0.15) is 0 Å². The molecule has 1 aromatic carbocycles. The van der Waals surface area contributed by atoms with E-state index in [-0.39, 0.29) is 11.9 Å². The van der Waals surface area contributed by atoms with E-state index in [2.05, 4.69) is 39.0 Å². The minimum atomic E-state index is -0.103. The van der Waals surface area contributed by atoms with Gasteiger partial charge >= 0.3 is 0 Å². The Bertz CT molecular complexity index is 1040. The topological polar surface area (TPSA) is 71.0 Å². The summed E-state index contributed by atoms with van der Waals surface area (Å²) in [6, 6.07) is 13.5. The number of carbonyl (C=O) groups is 1. The molecule has 1 N–H and O–H groups in total. The molecule has 0 radical (unpaired) electrons. The first kappa shape index (κ1) is 23.1. The lowest BCUT2D eigenvalue weighted by Crippen LogP contribution is -2.41. The van der Waals surface area contributed by atoms with Crippen molar-refractivity contribution < 1.29 is 4.79 Å². The van der Waals surface area contributed by atoms with Crippen LogP contribution < -0.4 is 5.32 Å². The van der Waals surface area contributed by atoms with Gasteiger partial charge in [-0.05, 0) is 62.5 Å². The van der Waals surface area contributed by atoms with Gasteiger partial charge in [0.15, 0.2) is 0 Å². The summed E-state index contributed by atoms with van der Waals surface area (Å²) >= 11 is 0. The van der Waals surface area contributed by atoms with Crippen molar-refractivity contribution in [2.45, 2.75) is 52.1 Å². The average Bonchev–Trinajstić information content (AvgIpc) is 2.84. The molecule has 0 bridgehead atoms. The van der Waals surface area contributed by atoms with Gasteiger partial charge in [-0.15, -0.1) is 0 Å². The number of hydrogen-bond acceptors (Lipinski definition) is 5. The molecule has 33 heavy (non-hydrogen) atoms. The number of amides is 1. The van der Waals surface area contributed by atoms with E-state index in [0.717, 1.165) is 60.7 Å². The molecule has 1 saturated heterocycles. The largest absolute Gasteiger partial charge is 0.343 e.